The van der Waals surface area contributed by atoms with Crippen LogP contribution in [0.15, 0.2) is 48.5 Å². The molecule has 2 aromatic rings. The lowest BCUT2D eigenvalue weighted by Gasteiger charge is -2.24. The van der Waals surface area contributed by atoms with Crippen molar-refractivity contribution in [2.45, 2.75) is 25.5 Å². The zero-order chi connectivity index (χ0) is 19.2. The number of carbonyl (C=O) groups is 1. The molecule has 0 saturated heterocycles. The van der Waals surface area contributed by atoms with E-state index in [1.54, 1.807) is 31.2 Å². The first kappa shape index (κ1) is 19.7. The second-order valence-electron chi connectivity index (χ2n) is 5.94. The van der Waals surface area contributed by atoms with Crippen molar-refractivity contribution < 1.29 is 23.0 Å². The average Bonchev–Trinajstić information content (AvgIpc) is 2.62. The third kappa shape index (κ3) is 4.92. The summed E-state index contributed by atoms with van der Waals surface area (Å²) >= 11 is 0. The fourth-order valence-electron chi connectivity index (χ4n) is 2.48. The molecule has 5 nitrogen and oxygen atoms in total. The number of amides is 1. The Hall–Kier alpha value is -2.67. The van der Waals surface area contributed by atoms with Crippen LogP contribution in [0, 0.1) is 0 Å². The number of nitrogens with two attached hydrogens (primary N) is 1. The molecule has 0 aliphatic carbocycles. The maximum absolute atomic E-state index is 12.5. The Morgan fingerprint density at radius 3 is 2.50 bits per heavy atom. The number of hydrogen-bond donors (Lipinski definition) is 2. The van der Waals surface area contributed by atoms with E-state index in [1.165, 1.54) is 13.2 Å². The van der Waals surface area contributed by atoms with Gasteiger partial charge in [0, 0.05) is 6.54 Å². The molecule has 0 fully saturated rings. The van der Waals surface area contributed by atoms with Gasteiger partial charge in [0.15, 0.2) is 11.5 Å². The maximum Gasteiger partial charge on any atom is 0.387 e. The zero-order valence-electron chi connectivity index (χ0n) is 14.7. The highest BCUT2D eigenvalue weighted by molar-refractivity contribution is 5.86. The Morgan fingerprint density at radius 2 is 1.88 bits per heavy atom. The lowest BCUT2D eigenvalue weighted by Crippen LogP contribution is -2.49. The Kier molecular flexibility index (Phi) is 6.52. The number of halogens is 2. The van der Waals surface area contributed by atoms with Crippen LogP contribution in [0.3, 0.4) is 0 Å². The Bertz CT molecular complexity index is 737. The normalized spacial score (nSPS) is 13.2. The summed E-state index contributed by atoms with van der Waals surface area (Å²) in [6.45, 7) is -0.999. The smallest absolute Gasteiger partial charge is 0.387 e. The molecule has 1 amide bonds. The highest BCUT2D eigenvalue weighted by Crippen LogP contribution is 2.29. The number of nitrogens with one attached hydrogen (secondary N) is 1. The summed E-state index contributed by atoms with van der Waals surface area (Å²) in [5.74, 6) is -0.141. The van der Waals surface area contributed by atoms with Gasteiger partial charge in [-0.25, -0.2) is 0 Å². The topological polar surface area (TPSA) is 73.6 Å². The molecule has 1 unspecified atom stereocenters. The number of hydrogen-bond acceptors (Lipinski definition) is 4. The van der Waals surface area contributed by atoms with Crippen LogP contribution >= 0.6 is 0 Å². The van der Waals surface area contributed by atoms with Crippen molar-refractivity contribution >= 4 is 5.91 Å². The van der Waals surface area contributed by atoms with Gasteiger partial charge in [-0.2, -0.15) is 8.78 Å². The minimum Gasteiger partial charge on any atom is -0.493 e. The van der Waals surface area contributed by atoms with Gasteiger partial charge in [0.1, 0.15) is 5.54 Å². The van der Waals surface area contributed by atoms with Crippen LogP contribution < -0.4 is 20.5 Å². The van der Waals surface area contributed by atoms with Gasteiger partial charge in [-0.15, -0.1) is 0 Å². The summed E-state index contributed by atoms with van der Waals surface area (Å²) in [4.78, 5) is 12.4. The fourth-order valence-corrected chi connectivity index (χ4v) is 2.48. The van der Waals surface area contributed by atoms with Gasteiger partial charge in [-0.3, -0.25) is 4.79 Å². The minimum absolute atomic E-state index is 0.0423. The van der Waals surface area contributed by atoms with Gasteiger partial charge < -0.3 is 20.5 Å². The monoisotopic (exact) mass is 364 g/mol. The van der Waals surface area contributed by atoms with Crippen LogP contribution in [-0.2, 0) is 16.8 Å². The highest BCUT2D eigenvalue weighted by atomic mass is 19.3. The van der Waals surface area contributed by atoms with E-state index >= 15 is 0 Å². The minimum atomic E-state index is -2.94. The van der Waals surface area contributed by atoms with Crippen molar-refractivity contribution in [3.05, 3.63) is 59.7 Å². The number of alkyl halides is 2. The molecule has 1 atom stereocenters. The van der Waals surface area contributed by atoms with Gasteiger partial charge in [-0.05, 0) is 36.6 Å². The van der Waals surface area contributed by atoms with Crippen molar-refractivity contribution in [3.8, 4) is 11.5 Å². The summed E-state index contributed by atoms with van der Waals surface area (Å²) in [5.41, 5.74) is 6.41. The van der Waals surface area contributed by atoms with Gasteiger partial charge in [-0.1, -0.05) is 36.4 Å². The lowest BCUT2D eigenvalue weighted by molar-refractivity contribution is -0.126. The summed E-state index contributed by atoms with van der Waals surface area (Å²) < 4.78 is 34.4. The first-order valence-corrected chi connectivity index (χ1v) is 8.09. The van der Waals surface area contributed by atoms with E-state index in [-0.39, 0.29) is 17.4 Å². The molecule has 140 valence electrons. The van der Waals surface area contributed by atoms with Crippen LogP contribution in [0.2, 0.25) is 0 Å². The molecular weight excluding hydrogens is 342 g/mol. The predicted octanol–water partition coefficient (Wildman–Crippen LogP) is 2.83. The van der Waals surface area contributed by atoms with Gasteiger partial charge >= 0.3 is 6.61 Å². The summed E-state index contributed by atoms with van der Waals surface area (Å²) in [7, 11) is 1.37. The van der Waals surface area contributed by atoms with E-state index < -0.39 is 12.2 Å². The van der Waals surface area contributed by atoms with Crippen LogP contribution in [0.4, 0.5) is 8.78 Å². The predicted molar refractivity (Wildman–Crippen MR) is 94.3 cm³/mol. The second-order valence-corrected chi connectivity index (χ2v) is 5.94. The summed E-state index contributed by atoms with van der Waals surface area (Å²) in [5, 5.41) is 2.77. The number of benzene rings is 2. The molecule has 2 rings (SSSR count). The third-order valence-electron chi connectivity index (χ3n) is 3.99. The average molecular weight is 364 g/mol. The van der Waals surface area contributed by atoms with Gasteiger partial charge in [0.25, 0.3) is 0 Å². The number of methoxy groups -OCH3 is 1. The molecule has 7 heteroatoms. The van der Waals surface area contributed by atoms with Crippen LogP contribution in [0.1, 0.15) is 18.1 Å². The van der Waals surface area contributed by atoms with Crippen molar-refractivity contribution in [2.24, 2.45) is 5.73 Å². The molecule has 3 N–H and O–H groups in total. The summed E-state index contributed by atoms with van der Waals surface area (Å²) in [6.07, 6.45) is 0.431. The molecule has 0 spiro atoms. The fraction of sp³-hybridized carbons (Fsp3) is 0.316. The van der Waals surface area contributed by atoms with E-state index in [2.05, 4.69) is 10.1 Å². The highest BCUT2D eigenvalue weighted by Gasteiger charge is 2.29. The number of rotatable bonds is 8. The standard InChI is InChI=1S/C19H22F2N2O3/c1-19(22,14-6-4-3-5-7-14)17(24)23-11-10-13-8-9-15(25-2)16(12-13)26-18(20)21/h3-9,12,18H,10-11,22H2,1-2H3,(H,23,24). The summed E-state index contributed by atoms with van der Waals surface area (Å²) in [6, 6.07) is 13.8. The zero-order valence-corrected chi connectivity index (χ0v) is 14.7. The van der Waals surface area contributed by atoms with E-state index in [4.69, 9.17) is 10.5 Å². The SMILES string of the molecule is COc1ccc(CCNC(=O)C(C)(N)c2ccccc2)cc1OC(F)F. The van der Waals surface area contributed by atoms with Gasteiger partial charge in [0.05, 0.1) is 7.11 Å². The van der Waals surface area contributed by atoms with E-state index in [0.717, 1.165) is 5.56 Å². The first-order valence-electron chi connectivity index (χ1n) is 8.09. The molecular formula is C19H22F2N2O3. The Balaban J connectivity index is 1.98. The molecule has 26 heavy (non-hydrogen) atoms. The molecule has 0 aliphatic heterocycles. The quantitative estimate of drug-likeness (QED) is 0.755. The van der Waals surface area contributed by atoms with E-state index in [1.807, 2.05) is 18.2 Å². The molecule has 0 heterocycles. The van der Waals surface area contributed by atoms with Crippen molar-refractivity contribution in [1.29, 1.82) is 0 Å². The van der Waals surface area contributed by atoms with Crippen molar-refractivity contribution in [1.82, 2.24) is 5.32 Å². The van der Waals surface area contributed by atoms with Crippen LogP contribution in [0.25, 0.3) is 0 Å². The van der Waals surface area contributed by atoms with E-state index in [0.29, 0.717) is 18.5 Å². The number of ether oxygens (including phenoxy) is 2. The van der Waals surface area contributed by atoms with Crippen molar-refractivity contribution in [3.63, 3.8) is 0 Å². The molecule has 0 saturated carbocycles. The second kappa shape index (κ2) is 8.62. The van der Waals surface area contributed by atoms with E-state index in [9.17, 15) is 13.6 Å². The van der Waals surface area contributed by atoms with Crippen molar-refractivity contribution in [2.75, 3.05) is 13.7 Å². The molecule has 0 aliphatic rings. The first-order chi connectivity index (χ1) is 12.3. The largest absolute Gasteiger partial charge is 0.493 e. The molecule has 2 aromatic carbocycles. The van der Waals surface area contributed by atoms with Crippen LogP contribution in [0.5, 0.6) is 11.5 Å². The van der Waals surface area contributed by atoms with Crippen LogP contribution in [-0.4, -0.2) is 26.2 Å². The lowest BCUT2D eigenvalue weighted by atomic mass is 9.92. The third-order valence-corrected chi connectivity index (χ3v) is 3.99. The number of carbonyl (C=O) groups excluding carboxylic acids is 1. The molecule has 0 radical (unpaired) electrons. The van der Waals surface area contributed by atoms with Gasteiger partial charge in [0.2, 0.25) is 5.91 Å². The maximum atomic E-state index is 12.5. The molecule has 0 bridgehead atoms. The Morgan fingerprint density at radius 1 is 1.19 bits per heavy atom. The Labute approximate surface area is 151 Å². The molecule has 0 aromatic heterocycles.